The Morgan fingerprint density at radius 2 is 0.156 bits per heavy atom. The van der Waals surface area contributed by atoms with Crippen LogP contribution in [0.3, 0.4) is 0 Å². The van der Waals surface area contributed by atoms with Crippen molar-refractivity contribution in [3.8, 4) is 0 Å². The molecule has 0 aliphatic rings. The van der Waals surface area contributed by atoms with Crippen LogP contribution in [0.1, 0.15) is 0 Å². The first-order chi connectivity index (χ1) is 17.3. The number of hydrogen-bond donors (Lipinski definition) is 20. The Morgan fingerprint density at radius 3 is 0.156 bits per heavy atom. The minimum atomic E-state index is -3.13. The van der Waals surface area contributed by atoms with Gasteiger partial charge in [0.05, 0.1) is 0 Å². The Kier molecular flexibility index (Phi) is 194. The maximum atomic E-state index is 8.74. The van der Waals surface area contributed by atoms with Gasteiger partial charge in [-0.3, -0.25) is 44.6 Å². The van der Waals surface area contributed by atoms with Gasteiger partial charge in [0.2, 0.25) is 0 Å². The molecule has 0 amide bonds. The molecular weight excluding hydrogens is 796 g/mol. The van der Waals surface area contributed by atoms with Crippen molar-refractivity contribution in [1.82, 2.24) is 0 Å². The van der Waals surface area contributed by atoms with E-state index in [2.05, 4.69) is 0 Å². The third kappa shape index (κ3) is 103000. The fourth-order valence-corrected chi connectivity index (χ4v) is 0. The van der Waals surface area contributed by atoms with Crippen molar-refractivity contribution in [2.24, 2.45) is 0 Å². The van der Waals surface area contributed by atoms with Crippen molar-refractivity contribution >= 4 is 186 Å². The predicted octanol–water partition coefficient (Wildman–Crippen LogP) is -19.4. The molecule has 0 bridgehead atoms. The third-order valence-corrected chi connectivity index (χ3v) is 0. The van der Waals surface area contributed by atoms with Crippen LogP contribution in [0, 0.1) is 0 Å². The average Bonchev–Trinajstić information content (AvgIpc) is 2.47. The molecule has 0 radical (unpaired) electrons. The van der Waals surface area contributed by atoms with E-state index in [0.717, 1.165) is 0 Å². The molecule has 45 heteroatoms. The molecule has 0 heterocycles. The van der Waals surface area contributed by atoms with Crippen molar-refractivity contribution in [2.45, 2.75) is 0 Å². The van der Waals surface area contributed by atoms with Crippen LogP contribution >= 0.6 is 0 Å². The zero-order chi connectivity index (χ0) is 35.8. The van der Waals surface area contributed by atoms with Gasteiger partial charge in [-0.05, 0) is 0 Å². The second-order valence-electron chi connectivity index (χ2n) is 2.83. The van der Waals surface area contributed by atoms with Crippen LogP contribution in [-0.2, 0) is 44.6 Å². The van der Waals surface area contributed by atoms with Crippen LogP contribution in [0.15, 0.2) is 0 Å². The standard InChI is InChI=1S/5Li.10H2O3Si.5H/c;;;;;10*1-4(2)3;;;;;/h;;;;;10*1-2H;;;;;. The second kappa shape index (κ2) is 90.2. The molecule has 45 heavy (non-hydrogen) atoms. The SMILES string of the molecule is O=[Si](O)O.O=[Si](O)O.O=[Si](O)O.O=[Si](O)O.O=[Si](O)O.O=[Si](O)O.O=[Si](O)O.O=[Si](O)O.O=[Si](O)O.O=[Si](O)O.[LiH].[LiH].[LiH].[LiH].[LiH]. The van der Waals surface area contributed by atoms with Gasteiger partial charge in [-0.25, -0.2) is 0 Å². The summed E-state index contributed by atoms with van der Waals surface area (Å²) in [5, 5.41) is 0. The number of rotatable bonds is 0. The molecule has 0 saturated carbocycles. The minimum absolute atomic E-state index is 0. The van der Waals surface area contributed by atoms with Gasteiger partial charge in [0.1, 0.15) is 0 Å². The summed E-state index contributed by atoms with van der Waals surface area (Å²) in [5.74, 6) is 0. The Morgan fingerprint density at radius 1 is 0.156 bits per heavy atom. The van der Waals surface area contributed by atoms with Crippen molar-refractivity contribution < 1.29 is 141 Å². The van der Waals surface area contributed by atoms with Gasteiger partial charge >= 0.3 is 186 Å². The molecule has 0 aromatic carbocycles. The van der Waals surface area contributed by atoms with Crippen molar-refractivity contribution in [1.29, 1.82) is 0 Å². The summed E-state index contributed by atoms with van der Waals surface area (Å²) in [6.45, 7) is 0. The molecule has 0 saturated heterocycles. The van der Waals surface area contributed by atoms with Crippen LogP contribution in [0.2, 0.25) is 0 Å². The number of hydrogen-bond acceptors (Lipinski definition) is 10. The van der Waals surface area contributed by atoms with Gasteiger partial charge < -0.3 is 95.9 Å². The molecular formula is H25Li5O30Si10. The fourth-order valence-electron chi connectivity index (χ4n) is 0. The van der Waals surface area contributed by atoms with E-state index in [4.69, 9.17) is 141 Å². The van der Waals surface area contributed by atoms with Gasteiger partial charge in [-0.15, -0.1) is 0 Å². The third-order valence-electron chi connectivity index (χ3n) is 0. The normalized spacial score (nSPS) is 5.33. The predicted molar refractivity (Wildman–Crippen MR) is 145 cm³/mol. The molecule has 0 aliphatic carbocycles. The summed E-state index contributed by atoms with van der Waals surface area (Å²) in [5.41, 5.74) is 0. The second-order valence-corrected chi connectivity index (χ2v) is 8.48. The van der Waals surface area contributed by atoms with Crippen LogP contribution in [0.25, 0.3) is 0 Å². The van der Waals surface area contributed by atoms with Crippen molar-refractivity contribution in [2.75, 3.05) is 0 Å². The van der Waals surface area contributed by atoms with Crippen LogP contribution < -0.4 is 0 Å². The van der Waals surface area contributed by atoms with E-state index in [0.29, 0.717) is 0 Å². The van der Waals surface area contributed by atoms with E-state index >= 15 is 0 Å². The summed E-state index contributed by atoms with van der Waals surface area (Å²) in [6, 6.07) is 0. The van der Waals surface area contributed by atoms with Crippen LogP contribution in [0.4, 0.5) is 0 Å². The van der Waals surface area contributed by atoms with Crippen LogP contribution in [0.5, 0.6) is 0 Å². The Bertz CT molecular complexity index is 485. The molecule has 0 aromatic heterocycles. The maximum absolute atomic E-state index is 8.74. The molecule has 0 unspecified atom stereocenters. The van der Waals surface area contributed by atoms with E-state index in [1.807, 2.05) is 0 Å². The zero-order valence-corrected chi connectivity index (χ0v) is 28.0. The van der Waals surface area contributed by atoms with Gasteiger partial charge in [-0.1, -0.05) is 0 Å². The summed E-state index contributed by atoms with van der Waals surface area (Å²) in [7, 11) is -31.3. The van der Waals surface area contributed by atoms with E-state index in [-0.39, 0.29) is 94.3 Å². The Labute approximate surface area is 323 Å². The summed E-state index contributed by atoms with van der Waals surface area (Å²) >= 11 is 0. The molecule has 250 valence electrons. The molecule has 0 aliphatic heterocycles. The zero-order valence-electron chi connectivity index (χ0n) is 18.0. The summed E-state index contributed by atoms with van der Waals surface area (Å²) in [4.78, 5) is 143. The molecule has 0 atom stereocenters. The van der Waals surface area contributed by atoms with Crippen molar-refractivity contribution in [3.05, 3.63) is 0 Å². The topological polar surface area (TPSA) is 575 Å². The van der Waals surface area contributed by atoms with Gasteiger partial charge in [-0.2, -0.15) is 0 Å². The van der Waals surface area contributed by atoms with Crippen LogP contribution in [-0.4, -0.2) is 282 Å². The molecule has 20 N–H and O–H groups in total. The fraction of sp³-hybridized carbons (Fsp3) is 0. The first-order valence-corrected chi connectivity index (χ1v) is 19.5. The van der Waals surface area contributed by atoms with Crippen molar-refractivity contribution in [3.63, 3.8) is 0 Å². The molecule has 0 aromatic rings. The summed E-state index contributed by atoms with van der Waals surface area (Å²) in [6.07, 6.45) is 0. The van der Waals surface area contributed by atoms with E-state index < -0.39 is 91.7 Å². The molecule has 0 fully saturated rings. The Balaban J connectivity index is -0.0000000169. The monoisotopic (exact) mass is 820 g/mol. The average molecular weight is 821 g/mol. The van der Waals surface area contributed by atoms with Gasteiger partial charge in [0.15, 0.2) is 0 Å². The molecule has 0 spiro atoms. The molecule has 30 nitrogen and oxygen atoms in total. The first kappa shape index (κ1) is 96.7. The van der Waals surface area contributed by atoms with E-state index in [9.17, 15) is 0 Å². The molecule has 0 rings (SSSR count). The quantitative estimate of drug-likeness (QED) is 0.101. The van der Waals surface area contributed by atoms with Gasteiger partial charge in [0.25, 0.3) is 0 Å². The first-order valence-electron chi connectivity index (χ1n) is 6.51. The van der Waals surface area contributed by atoms with Gasteiger partial charge in [0, 0.05) is 0 Å². The van der Waals surface area contributed by atoms with E-state index in [1.165, 1.54) is 0 Å². The summed E-state index contributed by atoms with van der Waals surface area (Å²) < 4.78 is 87.4. The Hall–Kier alpha value is -0.844. The van der Waals surface area contributed by atoms with E-state index in [1.54, 1.807) is 0 Å².